The van der Waals surface area contributed by atoms with Crippen LogP contribution in [0.1, 0.15) is 49.4 Å². The monoisotopic (exact) mass is 339 g/mol. The summed E-state index contributed by atoms with van der Waals surface area (Å²) in [4.78, 5) is 24.5. The van der Waals surface area contributed by atoms with Gasteiger partial charge in [0, 0.05) is 6.07 Å². The number of amides is 1. The summed E-state index contributed by atoms with van der Waals surface area (Å²) in [6.07, 6.45) is 5.95. The smallest absolute Gasteiger partial charge is 0.267 e. The molecule has 0 aliphatic heterocycles. The summed E-state index contributed by atoms with van der Waals surface area (Å²) in [6.45, 7) is 1.76. The molecule has 0 spiro atoms. The Labute approximate surface area is 148 Å². The Morgan fingerprint density at radius 2 is 1.88 bits per heavy atom. The lowest BCUT2D eigenvalue weighted by Gasteiger charge is -2.31. The molecule has 25 heavy (non-hydrogen) atoms. The van der Waals surface area contributed by atoms with Crippen LogP contribution >= 0.6 is 0 Å². The van der Waals surface area contributed by atoms with Crippen molar-refractivity contribution in [2.24, 2.45) is 5.92 Å². The van der Waals surface area contributed by atoms with Gasteiger partial charge < -0.3 is 5.32 Å². The molecule has 1 aliphatic carbocycles. The van der Waals surface area contributed by atoms with Gasteiger partial charge in [-0.25, -0.2) is 4.68 Å². The highest BCUT2D eigenvalue weighted by Gasteiger charge is 2.26. The average molecular weight is 339 g/mol. The largest absolute Gasteiger partial charge is 0.347 e. The van der Waals surface area contributed by atoms with E-state index < -0.39 is 0 Å². The fourth-order valence-electron chi connectivity index (χ4n) is 3.62. The third-order valence-electron chi connectivity index (χ3n) is 4.89. The van der Waals surface area contributed by atoms with Crippen LogP contribution in [0, 0.1) is 12.8 Å². The Balaban J connectivity index is 1.76. The zero-order chi connectivity index (χ0) is 17.6. The van der Waals surface area contributed by atoms with Crippen molar-refractivity contribution in [3.05, 3.63) is 64.1 Å². The fourth-order valence-corrected chi connectivity index (χ4v) is 3.62. The first-order chi connectivity index (χ1) is 12.1. The molecule has 5 nitrogen and oxygen atoms in total. The van der Waals surface area contributed by atoms with Crippen LogP contribution in [-0.2, 0) is 11.3 Å². The molecule has 0 saturated heterocycles. The Morgan fingerprint density at radius 3 is 2.60 bits per heavy atom. The van der Waals surface area contributed by atoms with E-state index in [4.69, 9.17) is 0 Å². The first-order valence-corrected chi connectivity index (χ1v) is 9.02. The van der Waals surface area contributed by atoms with Crippen molar-refractivity contribution in [2.45, 2.75) is 51.6 Å². The third kappa shape index (κ3) is 4.56. The SMILES string of the molecule is Cc1ccc(=O)n(CC(=O)N[C@H](c2ccccc2)C2CCCCC2)n1. The molecule has 1 aromatic heterocycles. The van der Waals surface area contributed by atoms with E-state index in [1.807, 2.05) is 25.1 Å². The van der Waals surface area contributed by atoms with Crippen molar-refractivity contribution in [3.63, 3.8) is 0 Å². The topological polar surface area (TPSA) is 64.0 Å². The van der Waals surface area contributed by atoms with E-state index >= 15 is 0 Å². The number of hydrogen-bond donors (Lipinski definition) is 1. The maximum Gasteiger partial charge on any atom is 0.267 e. The molecule has 1 fully saturated rings. The van der Waals surface area contributed by atoms with Crippen molar-refractivity contribution in [1.82, 2.24) is 15.1 Å². The molecular formula is C20H25N3O2. The second-order valence-corrected chi connectivity index (χ2v) is 6.82. The maximum atomic E-state index is 12.6. The van der Waals surface area contributed by atoms with Crippen LogP contribution < -0.4 is 10.9 Å². The van der Waals surface area contributed by atoms with Crippen LogP contribution in [0.15, 0.2) is 47.3 Å². The lowest BCUT2D eigenvalue weighted by molar-refractivity contribution is -0.123. The summed E-state index contributed by atoms with van der Waals surface area (Å²) in [5, 5.41) is 7.31. The van der Waals surface area contributed by atoms with E-state index in [0.29, 0.717) is 5.92 Å². The Bertz CT molecular complexity index is 764. The van der Waals surface area contributed by atoms with Gasteiger partial charge in [-0.2, -0.15) is 5.10 Å². The molecule has 132 valence electrons. The number of hydrogen-bond acceptors (Lipinski definition) is 3. The molecule has 2 aromatic rings. The van der Waals surface area contributed by atoms with Crippen molar-refractivity contribution in [2.75, 3.05) is 0 Å². The third-order valence-corrected chi connectivity index (χ3v) is 4.89. The zero-order valence-electron chi connectivity index (χ0n) is 14.6. The molecule has 1 saturated carbocycles. The summed E-state index contributed by atoms with van der Waals surface area (Å²) in [5.74, 6) is 0.280. The summed E-state index contributed by atoms with van der Waals surface area (Å²) in [5.41, 5.74) is 1.60. The molecule has 0 radical (unpaired) electrons. The van der Waals surface area contributed by atoms with E-state index in [9.17, 15) is 9.59 Å². The normalized spacial score (nSPS) is 16.4. The first kappa shape index (κ1) is 17.4. The highest BCUT2D eigenvalue weighted by atomic mass is 16.2. The van der Waals surface area contributed by atoms with Crippen LogP contribution in [0.2, 0.25) is 0 Å². The van der Waals surface area contributed by atoms with E-state index in [0.717, 1.165) is 24.1 Å². The fraction of sp³-hybridized carbons (Fsp3) is 0.450. The Morgan fingerprint density at radius 1 is 1.16 bits per heavy atom. The highest BCUT2D eigenvalue weighted by Crippen LogP contribution is 2.34. The van der Waals surface area contributed by atoms with E-state index in [1.165, 1.54) is 30.0 Å². The highest BCUT2D eigenvalue weighted by molar-refractivity contribution is 5.76. The summed E-state index contributed by atoms with van der Waals surface area (Å²) >= 11 is 0. The van der Waals surface area contributed by atoms with Crippen molar-refractivity contribution >= 4 is 5.91 Å². The molecule has 0 bridgehead atoms. The molecule has 0 unspecified atom stereocenters. The van der Waals surface area contributed by atoms with E-state index in [2.05, 4.69) is 22.5 Å². The lowest BCUT2D eigenvalue weighted by Crippen LogP contribution is -2.38. The quantitative estimate of drug-likeness (QED) is 0.911. The van der Waals surface area contributed by atoms with Crippen LogP contribution in [0.25, 0.3) is 0 Å². The lowest BCUT2D eigenvalue weighted by atomic mass is 9.81. The summed E-state index contributed by atoms with van der Waals surface area (Å²) in [7, 11) is 0. The van der Waals surface area contributed by atoms with Gasteiger partial charge in [0.25, 0.3) is 5.56 Å². The van der Waals surface area contributed by atoms with Gasteiger partial charge in [-0.3, -0.25) is 9.59 Å². The second kappa shape index (κ2) is 8.10. The van der Waals surface area contributed by atoms with Gasteiger partial charge in [0.1, 0.15) is 6.54 Å². The number of carbonyl (C=O) groups excluding carboxylic acids is 1. The van der Waals surface area contributed by atoms with Gasteiger partial charge in [-0.15, -0.1) is 0 Å². The predicted molar refractivity (Wildman–Crippen MR) is 97.1 cm³/mol. The van der Waals surface area contributed by atoms with Gasteiger partial charge in [-0.1, -0.05) is 49.6 Å². The van der Waals surface area contributed by atoms with E-state index in [1.54, 1.807) is 6.07 Å². The molecular weight excluding hydrogens is 314 g/mol. The second-order valence-electron chi connectivity index (χ2n) is 6.82. The minimum atomic E-state index is -0.255. The van der Waals surface area contributed by atoms with Gasteiger partial charge in [0.2, 0.25) is 5.91 Å². The molecule has 1 aromatic carbocycles. The number of nitrogens with zero attached hydrogens (tertiary/aromatic N) is 2. The number of aromatic nitrogens is 2. The van der Waals surface area contributed by atoms with Crippen molar-refractivity contribution in [3.8, 4) is 0 Å². The van der Waals surface area contributed by atoms with Crippen LogP contribution in [-0.4, -0.2) is 15.7 Å². The maximum absolute atomic E-state index is 12.6. The predicted octanol–water partition coefficient (Wildman–Crippen LogP) is 2.99. The minimum absolute atomic E-state index is 0.00508. The van der Waals surface area contributed by atoms with Crippen LogP contribution in [0.3, 0.4) is 0 Å². The number of carbonyl (C=O) groups is 1. The number of aryl methyl sites for hydroxylation is 1. The molecule has 1 N–H and O–H groups in total. The number of nitrogens with one attached hydrogen (secondary N) is 1. The molecule has 1 atom stereocenters. The van der Waals surface area contributed by atoms with Crippen molar-refractivity contribution in [1.29, 1.82) is 0 Å². The van der Waals surface area contributed by atoms with Gasteiger partial charge in [0.05, 0.1) is 11.7 Å². The van der Waals surface area contributed by atoms with Gasteiger partial charge in [0.15, 0.2) is 0 Å². The Kier molecular flexibility index (Phi) is 5.64. The van der Waals surface area contributed by atoms with Gasteiger partial charge >= 0.3 is 0 Å². The summed E-state index contributed by atoms with van der Waals surface area (Å²) < 4.78 is 1.23. The molecule has 3 rings (SSSR count). The first-order valence-electron chi connectivity index (χ1n) is 9.02. The molecule has 1 aliphatic rings. The van der Waals surface area contributed by atoms with Crippen LogP contribution in [0.4, 0.5) is 0 Å². The minimum Gasteiger partial charge on any atom is -0.347 e. The number of rotatable bonds is 5. The summed E-state index contributed by atoms with van der Waals surface area (Å²) in [6, 6.07) is 13.2. The van der Waals surface area contributed by atoms with Crippen LogP contribution in [0.5, 0.6) is 0 Å². The zero-order valence-corrected chi connectivity index (χ0v) is 14.6. The molecule has 1 amide bonds. The molecule has 1 heterocycles. The van der Waals surface area contributed by atoms with Crippen molar-refractivity contribution < 1.29 is 4.79 Å². The standard InChI is InChI=1S/C20H25N3O2/c1-15-12-13-19(25)23(22-15)14-18(24)21-20(16-8-4-2-5-9-16)17-10-6-3-7-11-17/h2,4-5,8-9,12-13,17,20H,3,6-7,10-11,14H2,1H3,(H,21,24)/t20-/m1/s1. The Hall–Kier alpha value is -2.43. The molecule has 5 heteroatoms. The van der Waals surface area contributed by atoms with E-state index in [-0.39, 0.29) is 24.1 Å². The van der Waals surface area contributed by atoms with Gasteiger partial charge in [-0.05, 0) is 37.3 Å². The number of benzene rings is 1. The average Bonchev–Trinajstić information content (AvgIpc) is 2.64.